The summed E-state index contributed by atoms with van der Waals surface area (Å²) in [6, 6.07) is 4.14. The lowest BCUT2D eigenvalue weighted by atomic mass is 10.2. The Bertz CT molecular complexity index is 417. The molecular formula is C12H15FN2O2. The van der Waals surface area contributed by atoms with Crippen LogP contribution in [0, 0.1) is 12.7 Å². The van der Waals surface area contributed by atoms with Crippen LogP contribution in [0.25, 0.3) is 0 Å². The highest BCUT2D eigenvalue weighted by atomic mass is 19.1. The van der Waals surface area contributed by atoms with Gasteiger partial charge in [-0.3, -0.25) is 0 Å². The minimum atomic E-state index is -0.354. The number of hydrogen-bond donors (Lipinski definition) is 1. The third-order valence-electron chi connectivity index (χ3n) is 2.74. The molecule has 0 spiro atoms. The minimum Gasteiger partial charge on any atom is -0.378 e. The molecule has 5 heteroatoms. The Morgan fingerprint density at radius 2 is 2.12 bits per heavy atom. The number of hydrogen-bond acceptors (Lipinski definition) is 2. The summed E-state index contributed by atoms with van der Waals surface area (Å²) in [5.74, 6) is -0.354. The van der Waals surface area contributed by atoms with E-state index < -0.39 is 0 Å². The molecule has 92 valence electrons. The molecule has 2 rings (SSSR count). The number of rotatable bonds is 1. The van der Waals surface area contributed by atoms with E-state index in [9.17, 15) is 9.18 Å². The Kier molecular flexibility index (Phi) is 3.58. The van der Waals surface area contributed by atoms with Crippen molar-refractivity contribution in [2.75, 3.05) is 31.6 Å². The van der Waals surface area contributed by atoms with Crippen LogP contribution < -0.4 is 5.32 Å². The SMILES string of the molecule is Cc1ccc(F)cc1NC(=O)N1CCOCC1. The van der Waals surface area contributed by atoms with E-state index in [4.69, 9.17) is 4.74 Å². The first-order chi connectivity index (χ1) is 8.16. The van der Waals surface area contributed by atoms with Crippen LogP contribution in [0.3, 0.4) is 0 Å². The number of anilines is 1. The molecule has 0 bridgehead atoms. The van der Waals surface area contributed by atoms with Gasteiger partial charge < -0.3 is 15.0 Å². The zero-order chi connectivity index (χ0) is 12.3. The number of ether oxygens (including phenoxy) is 1. The molecule has 1 fully saturated rings. The molecule has 0 unspecified atom stereocenters. The lowest BCUT2D eigenvalue weighted by molar-refractivity contribution is 0.0564. The zero-order valence-electron chi connectivity index (χ0n) is 9.70. The fourth-order valence-electron chi connectivity index (χ4n) is 1.69. The molecule has 0 atom stereocenters. The van der Waals surface area contributed by atoms with Crippen LogP contribution in [-0.4, -0.2) is 37.2 Å². The van der Waals surface area contributed by atoms with Crippen molar-refractivity contribution in [3.8, 4) is 0 Å². The Hall–Kier alpha value is -1.62. The molecule has 1 aliphatic heterocycles. The number of nitrogens with zero attached hydrogens (tertiary/aromatic N) is 1. The molecule has 2 amide bonds. The van der Waals surface area contributed by atoms with Crippen molar-refractivity contribution in [1.82, 2.24) is 4.90 Å². The van der Waals surface area contributed by atoms with Gasteiger partial charge >= 0.3 is 6.03 Å². The summed E-state index contributed by atoms with van der Waals surface area (Å²) in [6.07, 6.45) is 0. The fraction of sp³-hybridized carbons (Fsp3) is 0.417. The fourth-order valence-corrected chi connectivity index (χ4v) is 1.69. The quantitative estimate of drug-likeness (QED) is 0.813. The molecule has 1 heterocycles. The number of benzene rings is 1. The van der Waals surface area contributed by atoms with E-state index in [2.05, 4.69) is 5.32 Å². The van der Waals surface area contributed by atoms with Gasteiger partial charge in [0.25, 0.3) is 0 Å². The predicted molar refractivity (Wildman–Crippen MR) is 62.5 cm³/mol. The van der Waals surface area contributed by atoms with Gasteiger partial charge in [-0.1, -0.05) is 6.07 Å². The largest absolute Gasteiger partial charge is 0.378 e. The molecule has 1 aromatic carbocycles. The van der Waals surface area contributed by atoms with Gasteiger partial charge in [-0.25, -0.2) is 9.18 Å². The topological polar surface area (TPSA) is 41.6 Å². The van der Waals surface area contributed by atoms with Crippen LogP contribution in [0.1, 0.15) is 5.56 Å². The van der Waals surface area contributed by atoms with Gasteiger partial charge in [0, 0.05) is 18.8 Å². The van der Waals surface area contributed by atoms with E-state index in [0.29, 0.717) is 32.0 Å². The first-order valence-electron chi connectivity index (χ1n) is 5.56. The average Bonchev–Trinajstić information content (AvgIpc) is 2.35. The molecule has 0 aliphatic carbocycles. The van der Waals surface area contributed by atoms with Gasteiger partial charge in [0.2, 0.25) is 0 Å². The summed E-state index contributed by atoms with van der Waals surface area (Å²) < 4.78 is 18.2. The summed E-state index contributed by atoms with van der Waals surface area (Å²) in [7, 11) is 0. The molecule has 0 saturated carbocycles. The second-order valence-electron chi connectivity index (χ2n) is 3.99. The highest BCUT2D eigenvalue weighted by Crippen LogP contribution is 2.16. The van der Waals surface area contributed by atoms with Gasteiger partial charge in [-0.05, 0) is 24.6 Å². The maximum atomic E-state index is 13.1. The smallest absolute Gasteiger partial charge is 0.322 e. The highest BCUT2D eigenvalue weighted by Gasteiger charge is 2.17. The molecule has 4 nitrogen and oxygen atoms in total. The van der Waals surface area contributed by atoms with Gasteiger partial charge in [0.15, 0.2) is 0 Å². The van der Waals surface area contributed by atoms with Crippen molar-refractivity contribution in [3.63, 3.8) is 0 Å². The first kappa shape index (κ1) is 11.9. The van der Waals surface area contributed by atoms with Crippen molar-refractivity contribution < 1.29 is 13.9 Å². The van der Waals surface area contributed by atoms with E-state index in [1.54, 1.807) is 11.0 Å². The lowest BCUT2D eigenvalue weighted by Gasteiger charge is -2.27. The summed E-state index contributed by atoms with van der Waals surface area (Å²) in [5, 5.41) is 2.71. The van der Waals surface area contributed by atoms with Crippen molar-refractivity contribution in [2.24, 2.45) is 0 Å². The molecule has 1 N–H and O–H groups in total. The molecular weight excluding hydrogens is 223 g/mol. The summed E-state index contributed by atoms with van der Waals surface area (Å²) in [6.45, 7) is 4.07. The summed E-state index contributed by atoms with van der Waals surface area (Å²) in [4.78, 5) is 13.5. The van der Waals surface area contributed by atoms with Crippen LogP contribution in [0.15, 0.2) is 18.2 Å². The van der Waals surface area contributed by atoms with Crippen LogP contribution in [-0.2, 0) is 4.74 Å². The molecule has 17 heavy (non-hydrogen) atoms. The average molecular weight is 238 g/mol. The predicted octanol–water partition coefficient (Wildman–Crippen LogP) is 2.00. The third-order valence-corrected chi connectivity index (χ3v) is 2.74. The second kappa shape index (κ2) is 5.14. The number of amides is 2. The molecule has 1 saturated heterocycles. The molecule has 1 aromatic rings. The molecule has 0 aromatic heterocycles. The second-order valence-corrected chi connectivity index (χ2v) is 3.99. The first-order valence-corrected chi connectivity index (χ1v) is 5.56. The third kappa shape index (κ3) is 2.94. The van der Waals surface area contributed by atoms with Gasteiger partial charge in [-0.15, -0.1) is 0 Å². The zero-order valence-corrected chi connectivity index (χ0v) is 9.70. The normalized spacial score (nSPS) is 15.8. The number of carbonyl (C=O) groups is 1. The number of carbonyl (C=O) groups excluding carboxylic acids is 1. The number of halogens is 1. The molecule has 0 radical (unpaired) electrons. The van der Waals surface area contributed by atoms with Gasteiger partial charge in [-0.2, -0.15) is 0 Å². The highest BCUT2D eigenvalue weighted by molar-refractivity contribution is 5.90. The lowest BCUT2D eigenvalue weighted by Crippen LogP contribution is -2.43. The van der Waals surface area contributed by atoms with E-state index in [1.807, 2.05) is 6.92 Å². The van der Waals surface area contributed by atoms with Crippen LogP contribution in [0.5, 0.6) is 0 Å². The monoisotopic (exact) mass is 238 g/mol. The van der Waals surface area contributed by atoms with E-state index in [-0.39, 0.29) is 11.8 Å². The maximum absolute atomic E-state index is 13.1. The maximum Gasteiger partial charge on any atom is 0.322 e. The standard InChI is InChI=1S/C12H15FN2O2/c1-9-2-3-10(13)8-11(9)14-12(16)15-4-6-17-7-5-15/h2-3,8H,4-7H2,1H3,(H,14,16). The number of urea groups is 1. The Balaban J connectivity index is 2.04. The Morgan fingerprint density at radius 1 is 1.41 bits per heavy atom. The van der Waals surface area contributed by atoms with E-state index in [0.717, 1.165) is 5.56 Å². The minimum absolute atomic E-state index is 0.206. The van der Waals surface area contributed by atoms with Crippen LogP contribution in [0.4, 0.5) is 14.9 Å². The Labute approximate surface area is 99.4 Å². The molecule has 1 aliphatic rings. The van der Waals surface area contributed by atoms with Crippen molar-refractivity contribution in [3.05, 3.63) is 29.6 Å². The van der Waals surface area contributed by atoms with Crippen molar-refractivity contribution in [2.45, 2.75) is 6.92 Å². The van der Waals surface area contributed by atoms with Crippen molar-refractivity contribution in [1.29, 1.82) is 0 Å². The van der Waals surface area contributed by atoms with E-state index in [1.165, 1.54) is 12.1 Å². The van der Waals surface area contributed by atoms with Gasteiger partial charge in [0.05, 0.1) is 13.2 Å². The Morgan fingerprint density at radius 3 is 2.82 bits per heavy atom. The van der Waals surface area contributed by atoms with Crippen LogP contribution >= 0.6 is 0 Å². The number of morpholine rings is 1. The number of nitrogens with one attached hydrogen (secondary N) is 1. The van der Waals surface area contributed by atoms with Crippen LogP contribution in [0.2, 0.25) is 0 Å². The number of aryl methyl sites for hydroxylation is 1. The summed E-state index contributed by atoms with van der Waals surface area (Å²) >= 11 is 0. The van der Waals surface area contributed by atoms with Crippen molar-refractivity contribution >= 4 is 11.7 Å². The summed E-state index contributed by atoms with van der Waals surface area (Å²) in [5.41, 5.74) is 1.36. The van der Waals surface area contributed by atoms with E-state index >= 15 is 0 Å². The van der Waals surface area contributed by atoms with Gasteiger partial charge in [0.1, 0.15) is 5.82 Å².